The number of hydrogen-bond acceptors (Lipinski definition) is 8. The van der Waals surface area contributed by atoms with E-state index >= 15 is 0 Å². The molecule has 0 atom stereocenters. The predicted octanol–water partition coefficient (Wildman–Crippen LogP) is 3.29. The van der Waals surface area contributed by atoms with Gasteiger partial charge in [0, 0.05) is 13.1 Å². The largest absolute Gasteiger partial charge is 0.346 e. The Labute approximate surface area is 216 Å². The topological polar surface area (TPSA) is 129 Å². The normalized spacial score (nSPS) is 10.8. The molecule has 0 radical (unpaired) electrons. The molecule has 0 spiro atoms. The van der Waals surface area contributed by atoms with Gasteiger partial charge in [0.2, 0.25) is 9.54 Å². The lowest BCUT2D eigenvalue weighted by Crippen LogP contribution is -2.31. The fourth-order valence-electron chi connectivity index (χ4n) is 3.35. The molecule has 2 aromatic carbocycles. The van der Waals surface area contributed by atoms with Crippen LogP contribution in [-0.2, 0) is 0 Å². The van der Waals surface area contributed by atoms with Gasteiger partial charge in [-0.25, -0.2) is 9.59 Å². The Kier molecular flexibility index (Phi) is 8.41. The van der Waals surface area contributed by atoms with Gasteiger partial charge >= 0.3 is 12.1 Å². The van der Waals surface area contributed by atoms with E-state index in [2.05, 4.69) is 31.5 Å². The number of nitrogens with zero attached hydrogens (tertiary/aromatic N) is 8. The van der Waals surface area contributed by atoms with Crippen LogP contribution in [0.5, 0.6) is 0 Å². The Morgan fingerprint density at radius 2 is 1.00 bits per heavy atom. The lowest BCUT2D eigenvalue weighted by atomic mass is 10.2. The smallest absolute Gasteiger partial charge is 0.336 e. The first-order valence-electron chi connectivity index (χ1n) is 11.3. The Balaban J connectivity index is 1.13. The van der Waals surface area contributed by atoms with Gasteiger partial charge in [-0.3, -0.25) is 0 Å². The highest BCUT2D eigenvalue weighted by Crippen LogP contribution is 2.07. The average Bonchev–Trinajstić information content (AvgIpc) is 3.49. The molecule has 36 heavy (non-hydrogen) atoms. The summed E-state index contributed by atoms with van der Waals surface area (Å²) in [7, 11) is 0. The molecule has 2 N–H and O–H groups in total. The molecule has 0 fully saturated rings. The Hall–Kier alpha value is -4.04. The number of hydrogen-bond donors (Lipinski definition) is 2. The van der Waals surface area contributed by atoms with Crippen LogP contribution in [0.1, 0.15) is 25.7 Å². The molecule has 0 saturated carbocycles. The highest BCUT2D eigenvalue weighted by Gasteiger charge is 2.13. The quantitative estimate of drug-likeness (QED) is 0.194. The maximum absolute atomic E-state index is 12.4. The van der Waals surface area contributed by atoms with Crippen LogP contribution in [-0.4, -0.2) is 64.7 Å². The number of rotatable bonds is 9. The van der Waals surface area contributed by atoms with Crippen LogP contribution in [0.15, 0.2) is 60.7 Å². The first-order chi connectivity index (χ1) is 17.6. The Bertz CT molecular complexity index is 1320. The van der Waals surface area contributed by atoms with E-state index in [0.29, 0.717) is 13.1 Å². The van der Waals surface area contributed by atoms with Gasteiger partial charge in [0.05, 0.1) is 11.4 Å². The molecular weight excluding hydrogens is 500 g/mol. The van der Waals surface area contributed by atoms with Crippen molar-refractivity contribution in [2.45, 2.75) is 25.7 Å². The molecule has 186 valence electrons. The molecule has 2 heterocycles. The third-order valence-corrected chi connectivity index (χ3v) is 5.90. The summed E-state index contributed by atoms with van der Waals surface area (Å²) in [6.07, 6.45) is 3.30. The van der Waals surface area contributed by atoms with Gasteiger partial charge in [-0.05, 0) is 82.4 Å². The van der Waals surface area contributed by atoms with Gasteiger partial charge in [0.1, 0.15) is 0 Å². The second kappa shape index (κ2) is 12.1. The first kappa shape index (κ1) is 25.1. The van der Waals surface area contributed by atoms with E-state index in [1.807, 2.05) is 60.7 Å². The summed E-state index contributed by atoms with van der Waals surface area (Å²) in [4.78, 5) is 24.7. The predicted molar refractivity (Wildman–Crippen MR) is 136 cm³/mol. The molecule has 2 aromatic heterocycles. The number of nitrogens with one attached hydrogen (secondary N) is 2. The maximum Gasteiger partial charge on any atom is 0.346 e. The highest BCUT2D eigenvalue weighted by molar-refractivity contribution is 7.71. The zero-order valence-electron chi connectivity index (χ0n) is 19.2. The van der Waals surface area contributed by atoms with Crippen LogP contribution in [0.4, 0.5) is 9.59 Å². The Morgan fingerprint density at radius 3 is 1.39 bits per heavy atom. The van der Waals surface area contributed by atoms with Gasteiger partial charge in [-0.15, -0.1) is 9.36 Å². The second-order valence-corrected chi connectivity index (χ2v) is 8.45. The summed E-state index contributed by atoms with van der Waals surface area (Å²) in [6.45, 7) is 0.950. The summed E-state index contributed by atoms with van der Waals surface area (Å²) < 4.78 is 5.38. The maximum atomic E-state index is 12.4. The van der Waals surface area contributed by atoms with Crippen LogP contribution in [0.2, 0.25) is 0 Å². The van der Waals surface area contributed by atoms with Crippen molar-refractivity contribution in [3.63, 3.8) is 0 Å². The van der Waals surface area contributed by atoms with Crippen molar-refractivity contribution < 1.29 is 9.59 Å². The van der Waals surface area contributed by atoms with Crippen LogP contribution in [0, 0.1) is 9.54 Å². The summed E-state index contributed by atoms with van der Waals surface area (Å²) >= 11 is 10.6. The van der Waals surface area contributed by atoms with E-state index in [0.717, 1.165) is 46.4 Å². The lowest BCUT2D eigenvalue weighted by molar-refractivity contribution is 0.237. The monoisotopic (exact) mass is 524 g/mol. The molecule has 12 nitrogen and oxygen atoms in total. The van der Waals surface area contributed by atoms with Gasteiger partial charge < -0.3 is 10.6 Å². The second-order valence-electron chi connectivity index (χ2n) is 7.72. The van der Waals surface area contributed by atoms with E-state index in [1.165, 1.54) is 9.36 Å². The summed E-state index contributed by atoms with van der Waals surface area (Å²) in [6, 6.07) is 17.7. The molecule has 0 saturated heterocycles. The van der Waals surface area contributed by atoms with Crippen molar-refractivity contribution in [2.75, 3.05) is 13.1 Å². The minimum Gasteiger partial charge on any atom is -0.336 e. The number of aromatic nitrogens is 8. The van der Waals surface area contributed by atoms with Crippen molar-refractivity contribution in [1.29, 1.82) is 0 Å². The molecule has 0 unspecified atom stereocenters. The average molecular weight is 525 g/mol. The lowest BCUT2D eigenvalue weighted by Gasteiger charge is -2.05. The fraction of sp³-hybridized carbons (Fsp3) is 0.273. The van der Waals surface area contributed by atoms with Crippen molar-refractivity contribution in [1.82, 2.24) is 50.2 Å². The number of carbonyl (C=O) groups is 2. The number of para-hydroxylation sites is 2. The van der Waals surface area contributed by atoms with Crippen molar-refractivity contribution in [2.24, 2.45) is 0 Å². The molecule has 4 aromatic rings. The van der Waals surface area contributed by atoms with E-state index in [1.54, 1.807) is 0 Å². The zero-order valence-corrected chi connectivity index (χ0v) is 20.9. The van der Waals surface area contributed by atoms with Crippen LogP contribution in [0.3, 0.4) is 0 Å². The zero-order chi connectivity index (χ0) is 25.3. The summed E-state index contributed by atoms with van der Waals surface area (Å²) in [5, 5.41) is 21.2. The molecule has 4 rings (SSSR count). The van der Waals surface area contributed by atoms with E-state index in [-0.39, 0.29) is 9.54 Å². The van der Waals surface area contributed by atoms with Gasteiger partial charge in [0.15, 0.2) is 0 Å². The first-order valence-corrected chi connectivity index (χ1v) is 12.2. The number of benzene rings is 2. The van der Waals surface area contributed by atoms with Gasteiger partial charge in [-0.2, -0.15) is 9.36 Å². The fourth-order valence-corrected chi connectivity index (χ4v) is 3.88. The van der Waals surface area contributed by atoms with Gasteiger partial charge in [-0.1, -0.05) is 49.2 Å². The number of unbranched alkanes of at least 4 members (excludes halogenated alkanes) is 3. The van der Waals surface area contributed by atoms with Crippen molar-refractivity contribution in [3.05, 3.63) is 70.2 Å². The number of carbonyl (C=O) groups excluding carboxylic acids is 2. The standard InChI is InChI=1S/C22H24N10O2S2/c33-19(31-21(35)29(25-27-31)17-11-5-3-6-12-17)23-15-9-1-2-10-16-24-20(34)32-22(36)30(26-28-32)18-13-7-4-8-14-18/h3-8,11-14H,1-2,9-10,15-16H2,(H,23,33)(H,24,34). The minimum atomic E-state index is -0.422. The molecule has 2 amide bonds. The molecule has 14 heteroatoms. The SMILES string of the molecule is O=C(NCCCCCCNC(=O)n1nnn(-c2ccccc2)c1=S)n1nnn(-c2ccccc2)c1=S. The molecule has 0 aliphatic rings. The van der Waals surface area contributed by atoms with E-state index < -0.39 is 12.1 Å². The van der Waals surface area contributed by atoms with Crippen molar-refractivity contribution in [3.8, 4) is 11.4 Å². The van der Waals surface area contributed by atoms with E-state index in [4.69, 9.17) is 24.4 Å². The molecular formula is C22H24N10O2S2. The molecule has 0 bridgehead atoms. The summed E-state index contributed by atoms with van der Waals surface area (Å²) in [5.41, 5.74) is 1.47. The third-order valence-electron chi connectivity index (χ3n) is 5.20. The van der Waals surface area contributed by atoms with Crippen LogP contribution in [0.25, 0.3) is 11.4 Å². The molecule has 0 aliphatic carbocycles. The number of amides is 2. The van der Waals surface area contributed by atoms with Crippen LogP contribution < -0.4 is 10.6 Å². The molecule has 0 aliphatic heterocycles. The highest BCUT2D eigenvalue weighted by atomic mass is 32.1. The van der Waals surface area contributed by atoms with Crippen molar-refractivity contribution >= 4 is 36.5 Å². The van der Waals surface area contributed by atoms with Gasteiger partial charge in [0.25, 0.3) is 0 Å². The third kappa shape index (κ3) is 5.95. The minimum absolute atomic E-state index is 0.193. The summed E-state index contributed by atoms with van der Waals surface area (Å²) in [5.74, 6) is 0. The van der Waals surface area contributed by atoms with E-state index in [9.17, 15) is 9.59 Å². The van der Waals surface area contributed by atoms with Crippen LogP contribution >= 0.6 is 24.4 Å². The Morgan fingerprint density at radius 1 is 0.611 bits per heavy atom. The number of tetrazole rings is 2.